The molecule has 7 aromatic carbocycles. The average Bonchev–Trinajstić information content (AvgIpc) is 3.69. The van der Waals surface area contributed by atoms with Crippen molar-refractivity contribution in [2.45, 2.75) is 38.0 Å². The van der Waals surface area contributed by atoms with Gasteiger partial charge in [0, 0.05) is 28.5 Å². The van der Waals surface area contributed by atoms with E-state index in [4.69, 9.17) is 9.97 Å². The summed E-state index contributed by atoms with van der Waals surface area (Å²) >= 11 is 0. The third-order valence-corrected chi connectivity index (χ3v) is 12.9. The van der Waals surface area contributed by atoms with Gasteiger partial charge in [-0.3, -0.25) is 4.98 Å². The van der Waals surface area contributed by atoms with Crippen LogP contribution in [0.5, 0.6) is 0 Å². The van der Waals surface area contributed by atoms with Crippen LogP contribution < -0.4 is 10.4 Å². The molecule has 2 aromatic heterocycles. The number of aryl methyl sites for hydroxylation is 1. The number of hydrogen-bond acceptors (Lipinski definition) is 2. The summed E-state index contributed by atoms with van der Waals surface area (Å²) in [7, 11) is 0. The molecular weight excluding hydrogens is 701 g/mol. The van der Waals surface area contributed by atoms with Gasteiger partial charge in [0.15, 0.2) is 0 Å². The SMILES string of the molecule is C=CC1=c2/c(=C\C)ccc3c(C4=C(c5ccccc5)C(c5ccccc5)C(c5ccc(-c6ccc7ccc8cccnc8c7n6)c6ccccc56)C4)ccc(c23)CC1. The van der Waals surface area contributed by atoms with Gasteiger partial charge in [-0.15, -0.1) is 0 Å². The monoisotopic (exact) mass is 742 g/mol. The van der Waals surface area contributed by atoms with Crippen molar-refractivity contribution in [2.75, 3.05) is 0 Å². The third-order valence-electron chi connectivity index (χ3n) is 12.9. The molecule has 0 fully saturated rings. The van der Waals surface area contributed by atoms with Crippen LogP contribution in [-0.4, -0.2) is 9.97 Å². The predicted octanol–water partition coefficient (Wildman–Crippen LogP) is 12.7. The summed E-state index contributed by atoms with van der Waals surface area (Å²) in [6.45, 7) is 6.42. The lowest BCUT2D eigenvalue weighted by molar-refractivity contribution is 0.682. The van der Waals surface area contributed by atoms with Crippen LogP contribution in [0.1, 0.15) is 59.4 Å². The molecular formula is C56H42N2. The first-order valence-corrected chi connectivity index (χ1v) is 20.6. The van der Waals surface area contributed by atoms with Crippen LogP contribution in [0.25, 0.3) is 77.4 Å². The standard InChI is InChI=1S/C56H42N2/c1-3-35-21-22-39-26-28-45(47-29-25-36(4-2)51(35)52(39)47)49-34-48(53(37-14-7-5-8-15-37)54(49)38-16-9-6-10-17-38)44-30-31-46(43-20-12-11-19-42(43)44)50-32-27-41-24-23-40-18-13-33-57-55(40)56(41)58-50/h3-20,23-33,48,53H,1,21-22,34H2,2H3/b36-4-. The van der Waals surface area contributed by atoms with E-state index in [1.165, 1.54) is 76.5 Å². The normalized spacial score (nSPS) is 16.9. The van der Waals surface area contributed by atoms with Crippen LogP contribution >= 0.6 is 0 Å². The highest BCUT2D eigenvalue weighted by Crippen LogP contribution is 2.58. The van der Waals surface area contributed by atoms with Crippen LogP contribution in [0.4, 0.5) is 0 Å². The fourth-order valence-corrected chi connectivity index (χ4v) is 10.3. The van der Waals surface area contributed by atoms with Crippen molar-refractivity contribution in [2.24, 2.45) is 0 Å². The molecule has 0 radical (unpaired) electrons. The molecule has 2 aliphatic rings. The summed E-state index contributed by atoms with van der Waals surface area (Å²) in [6.07, 6.45) is 9.19. The third kappa shape index (κ3) is 5.40. The highest BCUT2D eigenvalue weighted by molar-refractivity contribution is 6.08. The highest BCUT2D eigenvalue weighted by Gasteiger charge is 2.39. The molecule has 0 spiro atoms. The number of pyridine rings is 2. The summed E-state index contributed by atoms with van der Waals surface area (Å²) < 4.78 is 0. The maximum atomic E-state index is 5.31. The summed E-state index contributed by atoms with van der Waals surface area (Å²) in [4.78, 5) is 10.1. The Morgan fingerprint density at radius 2 is 1.36 bits per heavy atom. The van der Waals surface area contributed by atoms with Crippen molar-refractivity contribution in [3.63, 3.8) is 0 Å². The molecule has 2 heteroatoms. The second-order valence-electron chi connectivity index (χ2n) is 15.9. The van der Waals surface area contributed by atoms with Gasteiger partial charge < -0.3 is 0 Å². The van der Waals surface area contributed by atoms with Gasteiger partial charge in [0.2, 0.25) is 0 Å². The van der Waals surface area contributed by atoms with E-state index in [0.29, 0.717) is 0 Å². The summed E-state index contributed by atoms with van der Waals surface area (Å²) in [5.74, 6) is 0.342. The molecule has 0 aliphatic heterocycles. The molecule has 2 heterocycles. The zero-order chi connectivity index (χ0) is 38.7. The number of aromatic nitrogens is 2. The maximum Gasteiger partial charge on any atom is 0.0972 e. The van der Waals surface area contributed by atoms with Gasteiger partial charge in [-0.2, -0.15) is 0 Å². The van der Waals surface area contributed by atoms with Crippen molar-refractivity contribution in [1.82, 2.24) is 9.97 Å². The molecule has 11 rings (SSSR count). The maximum absolute atomic E-state index is 5.31. The lowest BCUT2D eigenvalue weighted by Gasteiger charge is -2.26. The first-order chi connectivity index (χ1) is 28.7. The van der Waals surface area contributed by atoms with Gasteiger partial charge in [-0.25, -0.2) is 4.98 Å². The van der Waals surface area contributed by atoms with E-state index in [2.05, 4.69) is 177 Å². The Morgan fingerprint density at radius 3 is 2.17 bits per heavy atom. The number of fused-ring (bicyclic) bond motifs is 4. The van der Waals surface area contributed by atoms with E-state index in [0.717, 1.165) is 52.3 Å². The van der Waals surface area contributed by atoms with Crippen molar-refractivity contribution in [3.8, 4) is 11.3 Å². The van der Waals surface area contributed by atoms with E-state index in [9.17, 15) is 0 Å². The fourth-order valence-electron chi connectivity index (χ4n) is 10.3. The Balaban J connectivity index is 1.15. The number of benzene rings is 7. The van der Waals surface area contributed by atoms with Gasteiger partial charge in [0.1, 0.15) is 0 Å². The Bertz CT molecular complexity index is 3280. The number of hydrogen-bond donors (Lipinski definition) is 0. The molecule has 0 saturated heterocycles. The van der Waals surface area contributed by atoms with Crippen LogP contribution in [0.2, 0.25) is 0 Å². The zero-order valence-corrected chi connectivity index (χ0v) is 32.6. The van der Waals surface area contributed by atoms with Crippen molar-refractivity contribution >= 4 is 66.1 Å². The smallest absolute Gasteiger partial charge is 0.0972 e. The Labute approximate surface area is 338 Å². The molecule has 0 bridgehead atoms. The molecule has 2 aliphatic carbocycles. The minimum absolute atomic E-state index is 0.143. The summed E-state index contributed by atoms with van der Waals surface area (Å²) in [5, 5.41) is 10.1. The first-order valence-electron chi connectivity index (χ1n) is 20.6. The van der Waals surface area contributed by atoms with Crippen LogP contribution in [0.15, 0.2) is 177 Å². The Hall–Kier alpha value is -6.90. The van der Waals surface area contributed by atoms with E-state index in [1.807, 2.05) is 12.3 Å². The zero-order valence-electron chi connectivity index (χ0n) is 32.6. The molecule has 276 valence electrons. The minimum atomic E-state index is 0.143. The summed E-state index contributed by atoms with van der Waals surface area (Å²) in [6, 6.07) is 58.4. The quantitative estimate of drug-likeness (QED) is 0.159. The molecule has 2 atom stereocenters. The number of nitrogens with zero attached hydrogens (tertiary/aromatic N) is 2. The van der Waals surface area contributed by atoms with Gasteiger partial charge >= 0.3 is 0 Å². The molecule has 9 aromatic rings. The van der Waals surface area contributed by atoms with E-state index >= 15 is 0 Å². The van der Waals surface area contributed by atoms with Crippen molar-refractivity contribution in [1.29, 1.82) is 0 Å². The van der Waals surface area contributed by atoms with Gasteiger partial charge in [-0.05, 0) is 121 Å². The molecule has 2 nitrogen and oxygen atoms in total. The number of allylic oxidation sites excluding steroid dienone is 3. The Morgan fingerprint density at radius 1 is 0.621 bits per heavy atom. The van der Waals surface area contributed by atoms with Crippen LogP contribution in [0, 0.1) is 0 Å². The topological polar surface area (TPSA) is 25.8 Å². The predicted molar refractivity (Wildman–Crippen MR) is 245 cm³/mol. The molecule has 0 N–H and O–H groups in total. The Kier molecular flexibility index (Phi) is 8.25. The molecule has 58 heavy (non-hydrogen) atoms. The first kappa shape index (κ1) is 34.4. The average molecular weight is 743 g/mol. The van der Waals surface area contributed by atoms with Crippen LogP contribution in [-0.2, 0) is 6.42 Å². The largest absolute Gasteiger partial charge is 0.254 e. The molecule has 2 unspecified atom stereocenters. The molecule has 0 amide bonds. The lowest BCUT2D eigenvalue weighted by atomic mass is 9.77. The second-order valence-corrected chi connectivity index (χ2v) is 15.9. The highest BCUT2D eigenvalue weighted by atomic mass is 14.8. The van der Waals surface area contributed by atoms with Crippen molar-refractivity contribution in [3.05, 3.63) is 215 Å². The van der Waals surface area contributed by atoms with Crippen LogP contribution in [0.3, 0.4) is 0 Å². The van der Waals surface area contributed by atoms with E-state index in [-0.39, 0.29) is 11.8 Å². The van der Waals surface area contributed by atoms with E-state index in [1.54, 1.807) is 0 Å². The lowest BCUT2D eigenvalue weighted by Crippen LogP contribution is -2.30. The van der Waals surface area contributed by atoms with Gasteiger partial charge in [0.05, 0.1) is 16.7 Å². The molecule has 0 saturated carbocycles. The van der Waals surface area contributed by atoms with Crippen molar-refractivity contribution < 1.29 is 0 Å². The second kappa shape index (κ2) is 13.9. The van der Waals surface area contributed by atoms with Gasteiger partial charge in [-0.1, -0.05) is 164 Å². The number of rotatable bonds is 6. The minimum Gasteiger partial charge on any atom is -0.254 e. The fraction of sp³-hybridized carbons (Fsp3) is 0.107. The van der Waals surface area contributed by atoms with E-state index < -0.39 is 0 Å². The summed E-state index contributed by atoms with van der Waals surface area (Å²) in [5.41, 5.74) is 15.0. The van der Waals surface area contributed by atoms with Gasteiger partial charge in [0.25, 0.3) is 0 Å².